The van der Waals surface area contributed by atoms with Crippen LogP contribution in [-0.4, -0.2) is 26.4 Å². The molecule has 23 heavy (non-hydrogen) atoms. The highest BCUT2D eigenvalue weighted by atomic mass is 32.1. The van der Waals surface area contributed by atoms with Crippen LogP contribution in [-0.2, 0) is 6.54 Å². The molecule has 1 aromatic carbocycles. The largest absolute Gasteiger partial charge is 0.331 e. The molecule has 0 saturated heterocycles. The second-order valence-electron chi connectivity index (χ2n) is 5.76. The maximum absolute atomic E-state index is 12.9. The van der Waals surface area contributed by atoms with Crippen molar-refractivity contribution in [3.63, 3.8) is 0 Å². The Balaban J connectivity index is 1.54. The van der Waals surface area contributed by atoms with Gasteiger partial charge in [-0.15, -0.1) is 11.3 Å². The summed E-state index contributed by atoms with van der Waals surface area (Å²) in [7, 11) is 0. The monoisotopic (exact) mass is 323 g/mol. The number of nitrogens with zero attached hydrogens (tertiary/aromatic N) is 3. The second kappa shape index (κ2) is 6.01. The lowest BCUT2D eigenvalue weighted by atomic mass is 10.1. The number of hydrogen-bond acceptors (Lipinski definition) is 3. The molecule has 0 atom stereocenters. The van der Waals surface area contributed by atoms with Crippen LogP contribution < -0.4 is 0 Å². The van der Waals surface area contributed by atoms with Crippen molar-refractivity contribution in [2.45, 2.75) is 25.4 Å². The Hall–Kier alpha value is -2.40. The molecule has 4 nitrogen and oxygen atoms in total. The smallest absolute Gasteiger partial charge is 0.254 e. The summed E-state index contributed by atoms with van der Waals surface area (Å²) in [4.78, 5) is 20.2. The van der Waals surface area contributed by atoms with E-state index in [9.17, 15) is 4.79 Å². The molecule has 1 saturated carbocycles. The zero-order valence-electron chi connectivity index (χ0n) is 12.6. The van der Waals surface area contributed by atoms with Gasteiger partial charge in [0.2, 0.25) is 0 Å². The maximum Gasteiger partial charge on any atom is 0.254 e. The van der Waals surface area contributed by atoms with Crippen LogP contribution in [0, 0.1) is 0 Å². The number of hydrogen-bond donors (Lipinski definition) is 0. The van der Waals surface area contributed by atoms with Crippen LogP contribution >= 0.6 is 11.3 Å². The molecule has 116 valence electrons. The van der Waals surface area contributed by atoms with E-state index in [0.29, 0.717) is 12.6 Å². The number of aromatic nitrogens is 2. The van der Waals surface area contributed by atoms with Crippen LogP contribution in [0.25, 0.3) is 5.69 Å². The van der Waals surface area contributed by atoms with E-state index in [1.54, 1.807) is 23.9 Å². The molecule has 1 aliphatic carbocycles. The molecular formula is C18H17N3OS. The summed E-state index contributed by atoms with van der Waals surface area (Å²) in [6.07, 6.45) is 7.62. The summed E-state index contributed by atoms with van der Waals surface area (Å²) >= 11 is 1.71. The van der Waals surface area contributed by atoms with Gasteiger partial charge in [-0.25, -0.2) is 4.98 Å². The minimum atomic E-state index is 0.123. The molecule has 1 fully saturated rings. The normalized spacial score (nSPS) is 13.9. The minimum Gasteiger partial charge on any atom is -0.331 e. The number of carbonyl (C=O) groups excluding carboxylic acids is 1. The Kier molecular flexibility index (Phi) is 3.71. The number of imidazole rings is 1. The van der Waals surface area contributed by atoms with Gasteiger partial charge in [-0.05, 0) is 48.6 Å². The van der Waals surface area contributed by atoms with E-state index in [1.165, 1.54) is 4.88 Å². The zero-order chi connectivity index (χ0) is 15.6. The molecule has 3 aromatic rings. The predicted molar refractivity (Wildman–Crippen MR) is 90.8 cm³/mol. The SMILES string of the molecule is O=C(c1ccc(-n2ccnc2)cc1)N(Cc1cccs1)C1CC1. The first-order valence-corrected chi connectivity index (χ1v) is 8.61. The summed E-state index contributed by atoms with van der Waals surface area (Å²) in [6, 6.07) is 12.3. The number of benzene rings is 1. The van der Waals surface area contributed by atoms with Crippen molar-refractivity contribution in [2.75, 3.05) is 0 Å². The van der Waals surface area contributed by atoms with E-state index in [0.717, 1.165) is 24.1 Å². The molecule has 5 heteroatoms. The average molecular weight is 323 g/mol. The molecule has 2 heterocycles. The lowest BCUT2D eigenvalue weighted by Gasteiger charge is -2.22. The Morgan fingerprint density at radius 1 is 1.26 bits per heavy atom. The van der Waals surface area contributed by atoms with Crippen LogP contribution in [0.4, 0.5) is 0 Å². The minimum absolute atomic E-state index is 0.123. The number of amides is 1. The van der Waals surface area contributed by atoms with E-state index in [2.05, 4.69) is 16.4 Å². The van der Waals surface area contributed by atoms with Gasteiger partial charge in [0.25, 0.3) is 5.91 Å². The lowest BCUT2D eigenvalue weighted by Crippen LogP contribution is -2.32. The Bertz CT molecular complexity index is 774. The van der Waals surface area contributed by atoms with Crippen LogP contribution in [0.2, 0.25) is 0 Å². The first-order chi connectivity index (χ1) is 11.3. The van der Waals surface area contributed by atoms with Crippen LogP contribution in [0.15, 0.2) is 60.5 Å². The summed E-state index contributed by atoms with van der Waals surface area (Å²) in [6.45, 7) is 0.713. The Labute approximate surface area is 139 Å². The van der Waals surface area contributed by atoms with Gasteiger partial charge < -0.3 is 9.47 Å². The molecule has 0 bridgehead atoms. The third-order valence-electron chi connectivity index (χ3n) is 4.07. The van der Waals surface area contributed by atoms with Crippen molar-refractivity contribution in [1.82, 2.24) is 14.5 Å². The molecule has 4 rings (SSSR count). The van der Waals surface area contributed by atoms with Gasteiger partial charge >= 0.3 is 0 Å². The molecule has 0 unspecified atom stereocenters. The molecule has 2 aromatic heterocycles. The lowest BCUT2D eigenvalue weighted by molar-refractivity contribution is 0.0731. The molecule has 1 amide bonds. The van der Waals surface area contributed by atoms with Crippen molar-refractivity contribution in [3.05, 3.63) is 70.9 Å². The molecule has 0 spiro atoms. The van der Waals surface area contributed by atoms with Gasteiger partial charge in [-0.2, -0.15) is 0 Å². The zero-order valence-corrected chi connectivity index (χ0v) is 13.4. The van der Waals surface area contributed by atoms with Crippen LogP contribution in [0.3, 0.4) is 0 Å². The fourth-order valence-electron chi connectivity index (χ4n) is 2.68. The van der Waals surface area contributed by atoms with E-state index >= 15 is 0 Å². The highest BCUT2D eigenvalue weighted by Crippen LogP contribution is 2.30. The van der Waals surface area contributed by atoms with Gasteiger partial charge in [-0.3, -0.25) is 4.79 Å². The van der Waals surface area contributed by atoms with Gasteiger partial charge in [0, 0.05) is 34.6 Å². The van der Waals surface area contributed by atoms with Crippen molar-refractivity contribution >= 4 is 17.2 Å². The fraction of sp³-hybridized carbons (Fsp3) is 0.222. The Morgan fingerprint density at radius 3 is 2.70 bits per heavy atom. The predicted octanol–water partition coefficient (Wildman–Crippen LogP) is 3.74. The molecule has 0 N–H and O–H groups in total. The van der Waals surface area contributed by atoms with Gasteiger partial charge in [0.05, 0.1) is 12.9 Å². The fourth-order valence-corrected chi connectivity index (χ4v) is 3.38. The number of rotatable bonds is 5. The quantitative estimate of drug-likeness (QED) is 0.717. The topological polar surface area (TPSA) is 38.1 Å². The first kappa shape index (κ1) is 14.2. The third kappa shape index (κ3) is 3.05. The van der Waals surface area contributed by atoms with E-state index in [-0.39, 0.29) is 5.91 Å². The third-order valence-corrected chi connectivity index (χ3v) is 4.93. The van der Waals surface area contributed by atoms with Crippen molar-refractivity contribution in [1.29, 1.82) is 0 Å². The van der Waals surface area contributed by atoms with Crippen molar-refractivity contribution in [3.8, 4) is 5.69 Å². The molecule has 1 aliphatic rings. The second-order valence-corrected chi connectivity index (χ2v) is 6.79. The first-order valence-electron chi connectivity index (χ1n) is 7.73. The van der Waals surface area contributed by atoms with E-state index in [1.807, 2.05) is 46.0 Å². The van der Waals surface area contributed by atoms with Crippen LogP contribution in [0.1, 0.15) is 28.1 Å². The maximum atomic E-state index is 12.9. The summed E-state index contributed by atoms with van der Waals surface area (Å²) in [5.41, 5.74) is 1.76. The van der Waals surface area contributed by atoms with Crippen molar-refractivity contribution < 1.29 is 4.79 Å². The van der Waals surface area contributed by atoms with E-state index < -0.39 is 0 Å². The Morgan fingerprint density at radius 2 is 2.09 bits per heavy atom. The molecule has 0 aliphatic heterocycles. The van der Waals surface area contributed by atoms with Gasteiger partial charge in [-0.1, -0.05) is 6.07 Å². The summed E-state index contributed by atoms with van der Waals surface area (Å²) in [5, 5.41) is 2.06. The molecular weight excluding hydrogens is 306 g/mol. The van der Waals surface area contributed by atoms with E-state index in [4.69, 9.17) is 0 Å². The van der Waals surface area contributed by atoms with Gasteiger partial charge in [0.15, 0.2) is 0 Å². The average Bonchev–Trinajstić information content (AvgIpc) is 3.06. The molecule has 0 radical (unpaired) electrons. The summed E-state index contributed by atoms with van der Waals surface area (Å²) < 4.78 is 1.93. The standard InChI is InChI=1S/C18H17N3OS/c22-18(21(16-7-8-16)12-17-2-1-11-23-17)14-3-5-15(6-4-14)20-10-9-19-13-20/h1-6,9-11,13,16H,7-8,12H2. The number of thiophene rings is 1. The number of carbonyl (C=O) groups is 1. The highest BCUT2D eigenvalue weighted by Gasteiger charge is 2.33. The van der Waals surface area contributed by atoms with Gasteiger partial charge in [0.1, 0.15) is 0 Å². The van der Waals surface area contributed by atoms with Crippen molar-refractivity contribution in [2.24, 2.45) is 0 Å². The highest BCUT2D eigenvalue weighted by molar-refractivity contribution is 7.09. The summed E-state index contributed by atoms with van der Waals surface area (Å²) in [5.74, 6) is 0.123. The van der Waals surface area contributed by atoms with Crippen LogP contribution in [0.5, 0.6) is 0 Å².